The van der Waals surface area contributed by atoms with Gasteiger partial charge in [0, 0.05) is 21.5 Å². The van der Waals surface area contributed by atoms with Gasteiger partial charge >= 0.3 is 5.97 Å². The van der Waals surface area contributed by atoms with Gasteiger partial charge in [0.2, 0.25) is 6.79 Å². The molecule has 0 aliphatic carbocycles. The van der Waals surface area contributed by atoms with Gasteiger partial charge in [0.1, 0.15) is 5.75 Å². The number of carbonyl (C=O) groups excluding carboxylic acids is 1. The number of benzene rings is 3. The Kier molecular flexibility index (Phi) is 4.41. The van der Waals surface area contributed by atoms with Gasteiger partial charge in [-0.15, -0.1) is 0 Å². The van der Waals surface area contributed by atoms with Crippen molar-refractivity contribution in [2.75, 3.05) is 6.79 Å². The molecule has 0 unspecified atom stereocenters. The zero-order chi connectivity index (χ0) is 19.8. The van der Waals surface area contributed by atoms with Crippen molar-refractivity contribution in [3.05, 3.63) is 82.8 Å². The van der Waals surface area contributed by atoms with Gasteiger partial charge in [0.15, 0.2) is 11.5 Å². The first-order valence-corrected chi connectivity index (χ1v) is 9.74. The molecular weight excluding hydrogens is 434 g/mol. The molecule has 0 saturated carbocycles. The molecule has 6 heteroatoms. The minimum absolute atomic E-state index is 0.165. The van der Waals surface area contributed by atoms with Crippen molar-refractivity contribution >= 4 is 32.8 Å². The number of ether oxygens (including phenoxy) is 3. The third-order valence-electron chi connectivity index (χ3n) is 4.63. The highest BCUT2D eigenvalue weighted by Gasteiger charge is 2.19. The lowest BCUT2D eigenvalue weighted by Gasteiger charge is -2.10. The molecule has 0 N–H and O–H groups in total. The molecule has 0 saturated heterocycles. The zero-order valence-corrected chi connectivity index (χ0v) is 16.7. The topological polar surface area (TPSA) is 57.7 Å². The Hall–Kier alpha value is -3.38. The van der Waals surface area contributed by atoms with E-state index >= 15 is 0 Å². The van der Waals surface area contributed by atoms with Gasteiger partial charge in [-0.2, -0.15) is 0 Å². The average molecular weight is 448 g/mol. The van der Waals surface area contributed by atoms with E-state index in [2.05, 4.69) is 15.9 Å². The number of hydrogen-bond acceptors (Lipinski definition) is 5. The molecule has 0 radical (unpaired) electrons. The Morgan fingerprint density at radius 1 is 0.931 bits per heavy atom. The smallest absolute Gasteiger partial charge is 0.344 e. The summed E-state index contributed by atoms with van der Waals surface area (Å²) in [5.41, 5.74) is 2.79. The van der Waals surface area contributed by atoms with Crippen LogP contribution >= 0.6 is 15.9 Å². The number of esters is 1. The molecule has 0 bridgehead atoms. The minimum atomic E-state index is -0.458. The maximum absolute atomic E-state index is 13.0. The molecule has 0 amide bonds. The van der Waals surface area contributed by atoms with Crippen LogP contribution in [0.1, 0.15) is 10.4 Å². The van der Waals surface area contributed by atoms with E-state index < -0.39 is 5.97 Å². The van der Waals surface area contributed by atoms with Crippen molar-refractivity contribution < 1.29 is 19.0 Å². The van der Waals surface area contributed by atoms with Crippen LogP contribution in [0.2, 0.25) is 0 Å². The van der Waals surface area contributed by atoms with Gasteiger partial charge in [-0.05, 0) is 36.4 Å². The van der Waals surface area contributed by atoms with E-state index in [9.17, 15) is 4.79 Å². The largest absolute Gasteiger partial charge is 0.454 e. The molecule has 0 fully saturated rings. The second kappa shape index (κ2) is 7.22. The fourth-order valence-electron chi connectivity index (χ4n) is 3.22. The lowest BCUT2D eigenvalue weighted by Crippen LogP contribution is -2.10. The van der Waals surface area contributed by atoms with Crippen LogP contribution in [0.15, 0.2) is 77.3 Å². The predicted octanol–water partition coefficient (Wildman–Crippen LogP) is 5.61. The summed E-state index contributed by atoms with van der Waals surface area (Å²) in [6.07, 6.45) is 0. The molecular formula is C23H14BrNO4. The van der Waals surface area contributed by atoms with E-state index in [0.717, 1.165) is 20.9 Å². The van der Waals surface area contributed by atoms with E-state index in [1.807, 2.05) is 48.5 Å². The highest BCUT2D eigenvalue weighted by molar-refractivity contribution is 9.10. The van der Waals surface area contributed by atoms with Gasteiger partial charge in [0.05, 0.1) is 16.8 Å². The quantitative estimate of drug-likeness (QED) is 0.301. The number of aromatic nitrogens is 1. The standard InChI is InChI=1S/C23H14BrNO4/c24-15-7-5-14(6-8-15)20-12-18(17-3-1-2-4-19(17)25-20)23(26)29-16-9-10-21-22(11-16)28-13-27-21/h1-12H,13H2. The second-order valence-corrected chi connectivity index (χ2v) is 7.40. The summed E-state index contributed by atoms with van der Waals surface area (Å²) in [6, 6.07) is 22.1. The lowest BCUT2D eigenvalue weighted by molar-refractivity contribution is 0.0736. The van der Waals surface area contributed by atoms with Crippen molar-refractivity contribution in [1.82, 2.24) is 4.98 Å². The molecule has 0 atom stereocenters. The molecule has 5 nitrogen and oxygen atoms in total. The number of halogens is 1. The molecule has 2 heterocycles. The molecule has 1 aliphatic heterocycles. The second-order valence-electron chi connectivity index (χ2n) is 6.48. The van der Waals surface area contributed by atoms with Crippen LogP contribution in [0, 0.1) is 0 Å². The van der Waals surface area contributed by atoms with E-state index in [1.54, 1.807) is 24.3 Å². The van der Waals surface area contributed by atoms with Gasteiger partial charge in [-0.1, -0.05) is 46.3 Å². The van der Waals surface area contributed by atoms with E-state index in [-0.39, 0.29) is 6.79 Å². The van der Waals surface area contributed by atoms with Crippen LogP contribution in [0.3, 0.4) is 0 Å². The first kappa shape index (κ1) is 17.7. The Balaban J connectivity index is 1.55. The van der Waals surface area contributed by atoms with Crippen molar-refractivity contribution in [3.8, 4) is 28.5 Å². The maximum atomic E-state index is 13.0. The first-order valence-electron chi connectivity index (χ1n) is 8.95. The lowest BCUT2D eigenvalue weighted by atomic mass is 10.0. The maximum Gasteiger partial charge on any atom is 0.344 e. The summed E-state index contributed by atoms with van der Waals surface area (Å²) < 4.78 is 17.3. The Bertz CT molecular complexity index is 1240. The van der Waals surface area contributed by atoms with Gasteiger partial charge in [-0.25, -0.2) is 9.78 Å². The number of nitrogens with zero attached hydrogens (tertiary/aromatic N) is 1. The molecule has 29 heavy (non-hydrogen) atoms. The van der Waals surface area contributed by atoms with Gasteiger partial charge in [-0.3, -0.25) is 0 Å². The van der Waals surface area contributed by atoms with Crippen LogP contribution in [0.25, 0.3) is 22.2 Å². The predicted molar refractivity (Wildman–Crippen MR) is 112 cm³/mol. The minimum Gasteiger partial charge on any atom is -0.454 e. The third-order valence-corrected chi connectivity index (χ3v) is 5.16. The van der Waals surface area contributed by atoms with Crippen LogP contribution in [0.5, 0.6) is 17.2 Å². The molecule has 3 aromatic carbocycles. The van der Waals surface area contributed by atoms with E-state index in [4.69, 9.17) is 19.2 Å². The highest BCUT2D eigenvalue weighted by atomic mass is 79.9. The zero-order valence-electron chi connectivity index (χ0n) is 15.1. The first-order chi connectivity index (χ1) is 14.2. The van der Waals surface area contributed by atoms with E-state index in [0.29, 0.717) is 28.5 Å². The summed E-state index contributed by atoms with van der Waals surface area (Å²) in [5.74, 6) is 1.13. The van der Waals surface area contributed by atoms with Gasteiger partial charge in [0.25, 0.3) is 0 Å². The summed E-state index contributed by atoms with van der Waals surface area (Å²) >= 11 is 3.44. The number of carbonyl (C=O) groups is 1. The number of hydrogen-bond donors (Lipinski definition) is 0. The van der Waals surface area contributed by atoms with Crippen molar-refractivity contribution in [3.63, 3.8) is 0 Å². The van der Waals surface area contributed by atoms with Crippen LogP contribution in [-0.2, 0) is 0 Å². The van der Waals surface area contributed by atoms with Crippen molar-refractivity contribution in [1.29, 1.82) is 0 Å². The summed E-state index contributed by atoms with van der Waals surface area (Å²) in [4.78, 5) is 17.7. The fraction of sp³-hybridized carbons (Fsp3) is 0.0435. The molecule has 0 spiro atoms. The fourth-order valence-corrected chi connectivity index (χ4v) is 3.48. The summed E-state index contributed by atoms with van der Waals surface area (Å²) in [6.45, 7) is 0.165. The third kappa shape index (κ3) is 3.43. The Morgan fingerprint density at radius 2 is 1.72 bits per heavy atom. The molecule has 5 rings (SSSR count). The highest BCUT2D eigenvalue weighted by Crippen LogP contribution is 2.35. The molecule has 142 valence electrons. The normalized spacial score (nSPS) is 12.2. The number of para-hydroxylation sites is 1. The number of fused-ring (bicyclic) bond motifs is 2. The van der Waals surface area contributed by atoms with Gasteiger partial charge < -0.3 is 14.2 Å². The van der Waals surface area contributed by atoms with Crippen LogP contribution < -0.4 is 14.2 Å². The number of pyridine rings is 1. The van der Waals surface area contributed by atoms with E-state index in [1.165, 1.54) is 0 Å². The Morgan fingerprint density at radius 3 is 2.59 bits per heavy atom. The summed E-state index contributed by atoms with van der Waals surface area (Å²) in [5, 5.41) is 0.735. The Labute approximate surface area is 175 Å². The van der Waals surface area contributed by atoms with Crippen LogP contribution in [0.4, 0.5) is 0 Å². The molecule has 4 aromatic rings. The average Bonchev–Trinajstić information content (AvgIpc) is 3.21. The molecule has 1 aliphatic rings. The number of rotatable bonds is 3. The molecule has 1 aromatic heterocycles. The van der Waals surface area contributed by atoms with Crippen molar-refractivity contribution in [2.24, 2.45) is 0 Å². The summed E-state index contributed by atoms with van der Waals surface area (Å²) in [7, 11) is 0. The monoisotopic (exact) mass is 447 g/mol. The van der Waals surface area contributed by atoms with Crippen LogP contribution in [-0.4, -0.2) is 17.7 Å². The SMILES string of the molecule is O=C(Oc1ccc2c(c1)OCO2)c1cc(-c2ccc(Br)cc2)nc2ccccc12. The van der Waals surface area contributed by atoms with Crippen molar-refractivity contribution in [2.45, 2.75) is 0 Å².